The number of carbonyl (C=O) groups is 1. The largest absolute Gasteiger partial charge is 0.378 e. The smallest absolute Gasteiger partial charge is 0.227 e. The van der Waals surface area contributed by atoms with Crippen molar-refractivity contribution in [2.24, 2.45) is 0 Å². The van der Waals surface area contributed by atoms with Gasteiger partial charge in [-0.3, -0.25) is 4.79 Å². The Kier molecular flexibility index (Phi) is 4.99. The lowest BCUT2D eigenvalue weighted by atomic mass is 10.1. The Morgan fingerprint density at radius 2 is 2.21 bits per heavy atom. The van der Waals surface area contributed by atoms with E-state index in [1.165, 1.54) is 5.56 Å². The van der Waals surface area contributed by atoms with Gasteiger partial charge >= 0.3 is 0 Å². The maximum atomic E-state index is 12.1. The summed E-state index contributed by atoms with van der Waals surface area (Å²) in [5, 5.41) is 2.99. The molecule has 0 bridgehead atoms. The Balaban J connectivity index is 1.98. The van der Waals surface area contributed by atoms with Crippen LogP contribution in [0.25, 0.3) is 0 Å². The number of nitrogens with one attached hydrogen (secondary N) is 1. The first kappa shape index (κ1) is 14.5. The SMILES string of the molecule is Cc1cc(C)c(NC(=O)CC2CCCCO2)c(Br)c1. The van der Waals surface area contributed by atoms with Crippen LogP contribution in [0.1, 0.15) is 36.8 Å². The van der Waals surface area contributed by atoms with Crippen LogP contribution in [0, 0.1) is 13.8 Å². The summed E-state index contributed by atoms with van der Waals surface area (Å²) < 4.78 is 6.53. The maximum Gasteiger partial charge on any atom is 0.227 e. The van der Waals surface area contributed by atoms with Gasteiger partial charge in [-0.05, 0) is 66.2 Å². The number of rotatable bonds is 3. The molecule has 1 N–H and O–H groups in total. The molecule has 2 rings (SSSR count). The fourth-order valence-corrected chi connectivity index (χ4v) is 3.21. The van der Waals surface area contributed by atoms with E-state index in [1.54, 1.807) is 0 Å². The highest BCUT2D eigenvalue weighted by molar-refractivity contribution is 9.10. The van der Waals surface area contributed by atoms with Gasteiger partial charge < -0.3 is 10.1 Å². The van der Waals surface area contributed by atoms with Crippen molar-refractivity contribution in [3.05, 3.63) is 27.7 Å². The van der Waals surface area contributed by atoms with Crippen LogP contribution in [0.5, 0.6) is 0 Å². The van der Waals surface area contributed by atoms with Crippen molar-refractivity contribution in [3.8, 4) is 0 Å². The first-order valence-corrected chi connectivity index (χ1v) is 7.54. The van der Waals surface area contributed by atoms with E-state index >= 15 is 0 Å². The van der Waals surface area contributed by atoms with Crippen molar-refractivity contribution in [2.75, 3.05) is 11.9 Å². The van der Waals surface area contributed by atoms with E-state index < -0.39 is 0 Å². The highest BCUT2D eigenvalue weighted by atomic mass is 79.9. The molecular weight excluding hydrogens is 306 g/mol. The lowest BCUT2D eigenvalue weighted by molar-refractivity contribution is -0.119. The van der Waals surface area contributed by atoms with Crippen LogP contribution in [-0.2, 0) is 9.53 Å². The third-order valence-electron chi connectivity index (χ3n) is 3.38. The molecule has 19 heavy (non-hydrogen) atoms. The number of anilines is 1. The molecule has 1 heterocycles. The van der Waals surface area contributed by atoms with Crippen LogP contribution in [0.2, 0.25) is 0 Å². The van der Waals surface area contributed by atoms with Crippen molar-refractivity contribution in [1.29, 1.82) is 0 Å². The molecule has 0 aromatic heterocycles. The van der Waals surface area contributed by atoms with E-state index in [1.807, 2.05) is 19.9 Å². The highest BCUT2D eigenvalue weighted by Gasteiger charge is 2.18. The first-order chi connectivity index (χ1) is 9.06. The highest BCUT2D eigenvalue weighted by Crippen LogP contribution is 2.28. The normalized spacial score (nSPS) is 19.2. The summed E-state index contributed by atoms with van der Waals surface area (Å²) in [4.78, 5) is 12.1. The molecule has 1 aliphatic rings. The topological polar surface area (TPSA) is 38.3 Å². The van der Waals surface area contributed by atoms with E-state index in [-0.39, 0.29) is 12.0 Å². The molecule has 1 amide bonds. The van der Waals surface area contributed by atoms with Gasteiger partial charge in [0.2, 0.25) is 5.91 Å². The second kappa shape index (κ2) is 6.53. The third kappa shape index (κ3) is 4.05. The fraction of sp³-hybridized carbons (Fsp3) is 0.533. The van der Waals surface area contributed by atoms with E-state index in [9.17, 15) is 4.79 Å². The lowest BCUT2D eigenvalue weighted by Gasteiger charge is -2.22. The van der Waals surface area contributed by atoms with Crippen LogP contribution < -0.4 is 5.32 Å². The van der Waals surface area contributed by atoms with Crippen LogP contribution >= 0.6 is 15.9 Å². The Bertz CT molecular complexity index is 444. The molecule has 1 aromatic rings. The molecule has 1 aliphatic heterocycles. The molecule has 0 spiro atoms. The molecular formula is C15H20BrNO2. The number of aryl methyl sites for hydroxylation is 2. The summed E-state index contributed by atoms with van der Waals surface area (Å²) in [6.07, 6.45) is 3.78. The standard InChI is InChI=1S/C15H20BrNO2/c1-10-7-11(2)15(13(16)8-10)17-14(18)9-12-5-3-4-6-19-12/h7-8,12H,3-6,9H2,1-2H3,(H,17,18). The Morgan fingerprint density at radius 1 is 1.42 bits per heavy atom. The summed E-state index contributed by atoms with van der Waals surface area (Å²) in [5.41, 5.74) is 3.12. The van der Waals surface area contributed by atoms with E-state index in [0.717, 1.165) is 41.6 Å². The average molecular weight is 326 g/mol. The minimum atomic E-state index is 0.0274. The van der Waals surface area contributed by atoms with Crippen molar-refractivity contribution in [1.82, 2.24) is 0 Å². The molecule has 1 aromatic carbocycles. The van der Waals surface area contributed by atoms with Crippen molar-refractivity contribution in [2.45, 2.75) is 45.6 Å². The Morgan fingerprint density at radius 3 is 2.84 bits per heavy atom. The molecule has 1 atom stereocenters. The predicted octanol–water partition coefficient (Wildman–Crippen LogP) is 3.96. The van der Waals surface area contributed by atoms with Gasteiger partial charge in [-0.2, -0.15) is 0 Å². The molecule has 1 fully saturated rings. The number of ether oxygens (including phenoxy) is 1. The molecule has 1 saturated heterocycles. The number of hydrogen-bond donors (Lipinski definition) is 1. The van der Waals surface area contributed by atoms with Gasteiger partial charge in [0.25, 0.3) is 0 Å². The quantitative estimate of drug-likeness (QED) is 0.913. The van der Waals surface area contributed by atoms with Crippen LogP contribution in [0.4, 0.5) is 5.69 Å². The number of halogens is 1. The van der Waals surface area contributed by atoms with Crippen LogP contribution in [0.15, 0.2) is 16.6 Å². The monoisotopic (exact) mass is 325 g/mol. The van der Waals surface area contributed by atoms with Gasteiger partial charge in [-0.25, -0.2) is 0 Å². The van der Waals surface area contributed by atoms with Crippen molar-refractivity contribution in [3.63, 3.8) is 0 Å². The molecule has 0 saturated carbocycles. The minimum Gasteiger partial charge on any atom is -0.378 e. The lowest BCUT2D eigenvalue weighted by Crippen LogP contribution is -2.25. The Hall–Kier alpha value is -0.870. The summed E-state index contributed by atoms with van der Waals surface area (Å²) in [6, 6.07) is 4.08. The minimum absolute atomic E-state index is 0.0274. The number of carbonyl (C=O) groups excluding carboxylic acids is 1. The van der Waals surface area contributed by atoms with Gasteiger partial charge in [-0.1, -0.05) is 6.07 Å². The van der Waals surface area contributed by atoms with Gasteiger partial charge in [0.05, 0.1) is 18.2 Å². The summed E-state index contributed by atoms with van der Waals surface area (Å²) in [5.74, 6) is 0.0274. The summed E-state index contributed by atoms with van der Waals surface area (Å²) >= 11 is 3.51. The van der Waals surface area contributed by atoms with Crippen molar-refractivity contribution >= 4 is 27.5 Å². The summed E-state index contributed by atoms with van der Waals surface area (Å²) in [6.45, 7) is 4.83. The van der Waals surface area contributed by atoms with E-state index in [0.29, 0.717) is 6.42 Å². The van der Waals surface area contributed by atoms with Crippen LogP contribution in [0.3, 0.4) is 0 Å². The maximum absolute atomic E-state index is 12.1. The molecule has 0 aliphatic carbocycles. The van der Waals surface area contributed by atoms with E-state index in [2.05, 4.69) is 27.3 Å². The van der Waals surface area contributed by atoms with Crippen LogP contribution in [-0.4, -0.2) is 18.6 Å². The molecule has 104 valence electrons. The number of benzene rings is 1. The zero-order chi connectivity index (χ0) is 13.8. The fourth-order valence-electron chi connectivity index (χ4n) is 2.44. The zero-order valence-corrected chi connectivity index (χ0v) is 13.0. The second-order valence-corrected chi connectivity index (χ2v) is 6.03. The Labute approximate surface area is 122 Å². The predicted molar refractivity (Wildman–Crippen MR) is 80.5 cm³/mol. The number of hydrogen-bond acceptors (Lipinski definition) is 2. The molecule has 4 heteroatoms. The molecule has 3 nitrogen and oxygen atoms in total. The van der Waals surface area contributed by atoms with Gasteiger partial charge in [0, 0.05) is 11.1 Å². The van der Waals surface area contributed by atoms with Crippen molar-refractivity contribution < 1.29 is 9.53 Å². The zero-order valence-electron chi connectivity index (χ0n) is 11.5. The van der Waals surface area contributed by atoms with Gasteiger partial charge in [-0.15, -0.1) is 0 Å². The average Bonchev–Trinajstić information content (AvgIpc) is 2.35. The second-order valence-electron chi connectivity index (χ2n) is 5.18. The number of amides is 1. The summed E-state index contributed by atoms with van der Waals surface area (Å²) in [7, 11) is 0. The van der Waals surface area contributed by atoms with Gasteiger partial charge in [0.1, 0.15) is 0 Å². The first-order valence-electron chi connectivity index (χ1n) is 6.74. The third-order valence-corrected chi connectivity index (χ3v) is 4.01. The van der Waals surface area contributed by atoms with Gasteiger partial charge in [0.15, 0.2) is 0 Å². The molecule has 1 unspecified atom stereocenters. The molecule has 0 radical (unpaired) electrons. The van der Waals surface area contributed by atoms with E-state index in [4.69, 9.17) is 4.74 Å².